The molecule has 3 rings (SSSR count). The van der Waals surface area contributed by atoms with E-state index in [2.05, 4.69) is 15.0 Å². The second kappa shape index (κ2) is 5.44. The normalized spacial score (nSPS) is 18.0. The van der Waals surface area contributed by atoms with Crippen LogP contribution in [0.5, 0.6) is 0 Å². The number of nitrogens with zero attached hydrogens (tertiary/aromatic N) is 2. The predicted molar refractivity (Wildman–Crippen MR) is 83.1 cm³/mol. The van der Waals surface area contributed by atoms with E-state index in [1.807, 2.05) is 20.8 Å². The van der Waals surface area contributed by atoms with E-state index in [-0.39, 0.29) is 22.9 Å². The van der Waals surface area contributed by atoms with Crippen LogP contribution in [0, 0.1) is 20.8 Å². The van der Waals surface area contributed by atoms with Gasteiger partial charge in [0, 0.05) is 36.6 Å². The molecular formula is C16H20N4O2. The number of likely N-dealkylation sites (tertiary alicyclic amines) is 1. The Morgan fingerprint density at radius 3 is 2.77 bits per heavy atom. The van der Waals surface area contributed by atoms with Crippen LogP contribution in [0.2, 0.25) is 0 Å². The summed E-state index contributed by atoms with van der Waals surface area (Å²) in [5, 5.41) is 0. The van der Waals surface area contributed by atoms with Crippen molar-refractivity contribution in [2.24, 2.45) is 0 Å². The zero-order valence-electron chi connectivity index (χ0n) is 13.1. The van der Waals surface area contributed by atoms with Crippen LogP contribution in [0.4, 0.5) is 0 Å². The summed E-state index contributed by atoms with van der Waals surface area (Å²) in [4.78, 5) is 36.7. The number of imidazole rings is 1. The first-order valence-electron chi connectivity index (χ1n) is 7.47. The van der Waals surface area contributed by atoms with Crippen molar-refractivity contribution < 1.29 is 4.79 Å². The van der Waals surface area contributed by atoms with Crippen LogP contribution in [0.3, 0.4) is 0 Å². The number of carbonyl (C=O) groups is 1. The zero-order chi connectivity index (χ0) is 15.9. The standard InChI is InChI=1S/C16H20N4O2/c1-9-6-13(15(21)19-11(9)3)16(22)20-5-4-12(8-20)14-17-7-10(2)18-14/h6-7,12H,4-5,8H2,1-3H3,(H,17,18)(H,19,21). The highest BCUT2D eigenvalue weighted by Gasteiger charge is 2.30. The molecule has 3 heterocycles. The van der Waals surface area contributed by atoms with Crippen molar-refractivity contribution in [3.63, 3.8) is 0 Å². The molecule has 2 aromatic rings. The highest BCUT2D eigenvalue weighted by Crippen LogP contribution is 2.25. The van der Waals surface area contributed by atoms with Crippen LogP contribution in [-0.4, -0.2) is 38.8 Å². The molecule has 0 aliphatic carbocycles. The summed E-state index contributed by atoms with van der Waals surface area (Å²) >= 11 is 0. The van der Waals surface area contributed by atoms with Crippen LogP contribution in [-0.2, 0) is 0 Å². The Hall–Kier alpha value is -2.37. The van der Waals surface area contributed by atoms with Crippen molar-refractivity contribution in [2.45, 2.75) is 33.1 Å². The molecule has 22 heavy (non-hydrogen) atoms. The molecule has 0 radical (unpaired) electrons. The molecule has 6 heteroatoms. The summed E-state index contributed by atoms with van der Waals surface area (Å²) in [5.74, 6) is 0.931. The number of hydrogen-bond acceptors (Lipinski definition) is 3. The smallest absolute Gasteiger partial charge is 0.261 e. The van der Waals surface area contributed by atoms with Gasteiger partial charge >= 0.3 is 0 Å². The number of aromatic nitrogens is 3. The Bertz CT molecular complexity index is 775. The first-order chi connectivity index (χ1) is 10.5. The number of hydrogen-bond donors (Lipinski definition) is 2. The van der Waals surface area contributed by atoms with E-state index in [0.717, 1.165) is 29.2 Å². The predicted octanol–water partition coefficient (Wildman–Crippen LogP) is 1.65. The summed E-state index contributed by atoms with van der Waals surface area (Å²) in [5.41, 5.74) is 2.64. The fourth-order valence-electron chi connectivity index (χ4n) is 2.86. The Labute approximate surface area is 128 Å². The van der Waals surface area contributed by atoms with E-state index < -0.39 is 0 Å². The minimum atomic E-state index is -0.314. The number of aromatic amines is 2. The summed E-state index contributed by atoms with van der Waals surface area (Å²) in [7, 11) is 0. The van der Waals surface area contributed by atoms with E-state index in [0.29, 0.717) is 13.1 Å². The third-order valence-corrected chi connectivity index (χ3v) is 4.31. The summed E-state index contributed by atoms with van der Waals surface area (Å²) < 4.78 is 0. The zero-order valence-corrected chi connectivity index (χ0v) is 13.1. The van der Waals surface area contributed by atoms with Crippen molar-refractivity contribution in [3.05, 3.63) is 51.0 Å². The molecule has 1 aliphatic rings. The topological polar surface area (TPSA) is 81.8 Å². The number of aryl methyl sites for hydroxylation is 3. The lowest BCUT2D eigenvalue weighted by molar-refractivity contribution is 0.0788. The third kappa shape index (κ3) is 2.56. The number of H-pyrrole nitrogens is 2. The number of nitrogens with one attached hydrogen (secondary N) is 2. The van der Waals surface area contributed by atoms with Gasteiger partial charge in [0.2, 0.25) is 0 Å². The summed E-state index contributed by atoms with van der Waals surface area (Å²) in [6.45, 7) is 6.92. The van der Waals surface area contributed by atoms with Gasteiger partial charge in [-0.25, -0.2) is 4.98 Å². The monoisotopic (exact) mass is 300 g/mol. The number of carbonyl (C=O) groups excluding carboxylic acids is 1. The average molecular weight is 300 g/mol. The van der Waals surface area contributed by atoms with Gasteiger partial charge < -0.3 is 14.9 Å². The van der Waals surface area contributed by atoms with E-state index in [9.17, 15) is 9.59 Å². The molecule has 6 nitrogen and oxygen atoms in total. The maximum atomic E-state index is 12.6. The number of amides is 1. The van der Waals surface area contributed by atoms with Crippen LogP contribution in [0.1, 0.15) is 45.5 Å². The van der Waals surface area contributed by atoms with Crippen LogP contribution < -0.4 is 5.56 Å². The molecule has 0 spiro atoms. The molecule has 1 unspecified atom stereocenters. The minimum Gasteiger partial charge on any atom is -0.346 e. The van der Waals surface area contributed by atoms with Gasteiger partial charge in [-0.15, -0.1) is 0 Å². The van der Waals surface area contributed by atoms with Crippen molar-refractivity contribution in [1.82, 2.24) is 19.9 Å². The highest BCUT2D eigenvalue weighted by atomic mass is 16.2. The second-order valence-electron chi connectivity index (χ2n) is 6.01. The van der Waals surface area contributed by atoms with Crippen molar-refractivity contribution in [1.29, 1.82) is 0 Å². The largest absolute Gasteiger partial charge is 0.346 e. The molecule has 0 bridgehead atoms. The molecule has 2 aromatic heterocycles. The molecule has 0 saturated carbocycles. The first kappa shape index (κ1) is 14.6. The lowest BCUT2D eigenvalue weighted by atomic mass is 10.1. The molecule has 1 saturated heterocycles. The Morgan fingerprint density at radius 1 is 1.32 bits per heavy atom. The Kier molecular flexibility index (Phi) is 3.60. The van der Waals surface area contributed by atoms with Crippen molar-refractivity contribution in [3.8, 4) is 0 Å². The van der Waals surface area contributed by atoms with Crippen molar-refractivity contribution >= 4 is 5.91 Å². The second-order valence-corrected chi connectivity index (χ2v) is 6.01. The molecule has 116 valence electrons. The molecule has 1 amide bonds. The molecule has 2 N–H and O–H groups in total. The molecule has 1 atom stereocenters. The maximum Gasteiger partial charge on any atom is 0.261 e. The minimum absolute atomic E-state index is 0.199. The fourth-order valence-corrected chi connectivity index (χ4v) is 2.86. The van der Waals surface area contributed by atoms with Crippen LogP contribution >= 0.6 is 0 Å². The van der Waals surface area contributed by atoms with Crippen LogP contribution in [0.15, 0.2) is 17.1 Å². The quantitative estimate of drug-likeness (QED) is 0.885. The Morgan fingerprint density at radius 2 is 2.09 bits per heavy atom. The average Bonchev–Trinajstić information content (AvgIpc) is 3.10. The molecule has 1 aliphatic heterocycles. The molecular weight excluding hydrogens is 280 g/mol. The van der Waals surface area contributed by atoms with Gasteiger partial charge in [0.25, 0.3) is 11.5 Å². The van der Waals surface area contributed by atoms with E-state index >= 15 is 0 Å². The van der Waals surface area contributed by atoms with Gasteiger partial charge in [-0.1, -0.05) is 0 Å². The van der Waals surface area contributed by atoms with Crippen molar-refractivity contribution in [2.75, 3.05) is 13.1 Å². The van der Waals surface area contributed by atoms with Gasteiger partial charge in [-0.3, -0.25) is 9.59 Å². The summed E-state index contributed by atoms with van der Waals surface area (Å²) in [6.07, 6.45) is 2.66. The SMILES string of the molecule is Cc1cnc(C2CCN(C(=O)c3cc(C)c(C)[nH]c3=O)C2)[nH]1. The molecule has 1 fully saturated rings. The van der Waals surface area contributed by atoms with Gasteiger partial charge in [0.15, 0.2) is 0 Å². The van der Waals surface area contributed by atoms with E-state index in [1.54, 1.807) is 17.2 Å². The van der Waals surface area contributed by atoms with E-state index in [1.165, 1.54) is 0 Å². The van der Waals surface area contributed by atoms with Crippen LogP contribution in [0.25, 0.3) is 0 Å². The van der Waals surface area contributed by atoms with E-state index in [4.69, 9.17) is 0 Å². The lowest BCUT2D eigenvalue weighted by Crippen LogP contribution is -2.33. The van der Waals surface area contributed by atoms with Gasteiger partial charge in [0.1, 0.15) is 11.4 Å². The number of pyridine rings is 1. The van der Waals surface area contributed by atoms with Gasteiger partial charge in [0.05, 0.1) is 0 Å². The third-order valence-electron chi connectivity index (χ3n) is 4.31. The Balaban J connectivity index is 1.80. The fraction of sp³-hybridized carbons (Fsp3) is 0.438. The van der Waals surface area contributed by atoms with Gasteiger partial charge in [-0.2, -0.15) is 0 Å². The first-order valence-corrected chi connectivity index (χ1v) is 7.47. The number of rotatable bonds is 2. The lowest BCUT2D eigenvalue weighted by Gasteiger charge is -2.16. The maximum absolute atomic E-state index is 12.6. The van der Waals surface area contributed by atoms with Gasteiger partial charge in [-0.05, 0) is 38.8 Å². The summed E-state index contributed by atoms with van der Waals surface area (Å²) in [6, 6.07) is 1.68. The highest BCUT2D eigenvalue weighted by molar-refractivity contribution is 5.94. The molecule has 0 aromatic carbocycles.